The highest BCUT2D eigenvalue weighted by molar-refractivity contribution is 5.92. The van der Waals surface area contributed by atoms with Crippen molar-refractivity contribution in [1.29, 1.82) is 0 Å². The zero-order chi connectivity index (χ0) is 17.7. The number of ether oxygens (including phenoxy) is 2. The van der Waals surface area contributed by atoms with Crippen LogP contribution in [-0.2, 0) is 27.1 Å². The standard InChI is InChI=1S/C18H24N2O4/c1-18(2,3)24-17(22)20-15(16(21)23-4)11-12-7-8-13-6-5-9-19-14(13)10-12/h5-6,9,11-12H,7-8,10H2,1-4H3,(H,20,22). The number of allylic oxidation sites excluding steroid dienone is 1. The molecular weight excluding hydrogens is 308 g/mol. The Hall–Kier alpha value is -2.37. The Bertz CT molecular complexity index is 647. The zero-order valence-electron chi connectivity index (χ0n) is 14.6. The quantitative estimate of drug-likeness (QED) is 0.680. The predicted octanol–water partition coefficient (Wildman–Crippen LogP) is 2.77. The summed E-state index contributed by atoms with van der Waals surface area (Å²) in [5.74, 6) is -0.482. The highest BCUT2D eigenvalue weighted by Crippen LogP contribution is 2.25. The normalized spacial score (nSPS) is 17.7. The molecule has 0 bridgehead atoms. The van der Waals surface area contributed by atoms with E-state index in [-0.39, 0.29) is 11.6 Å². The fourth-order valence-corrected chi connectivity index (χ4v) is 2.64. The minimum absolute atomic E-state index is 0.108. The van der Waals surface area contributed by atoms with Gasteiger partial charge >= 0.3 is 12.1 Å². The number of carbonyl (C=O) groups is 2. The first-order valence-corrected chi connectivity index (χ1v) is 8.01. The molecule has 0 saturated heterocycles. The summed E-state index contributed by atoms with van der Waals surface area (Å²) in [7, 11) is 1.28. The summed E-state index contributed by atoms with van der Waals surface area (Å²) in [5.41, 5.74) is 1.74. The van der Waals surface area contributed by atoms with Crippen LogP contribution in [0.4, 0.5) is 4.79 Å². The Labute approximate surface area is 142 Å². The number of nitrogens with one attached hydrogen (secondary N) is 1. The molecule has 0 aliphatic heterocycles. The van der Waals surface area contributed by atoms with E-state index in [9.17, 15) is 9.59 Å². The highest BCUT2D eigenvalue weighted by atomic mass is 16.6. The third kappa shape index (κ3) is 5.08. The van der Waals surface area contributed by atoms with Crippen molar-refractivity contribution in [2.24, 2.45) is 5.92 Å². The minimum atomic E-state index is -0.673. The van der Waals surface area contributed by atoms with Crippen molar-refractivity contribution in [2.75, 3.05) is 7.11 Å². The highest BCUT2D eigenvalue weighted by Gasteiger charge is 2.23. The van der Waals surface area contributed by atoms with Crippen LogP contribution in [0.5, 0.6) is 0 Å². The molecule has 1 unspecified atom stereocenters. The predicted molar refractivity (Wildman–Crippen MR) is 89.2 cm³/mol. The second kappa shape index (κ2) is 7.47. The van der Waals surface area contributed by atoms with Gasteiger partial charge in [0.15, 0.2) is 0 Å². The zero-order valence-corrected chi connectivity index (χ0v) is 14.6. The molecule has 1 aliphatic rings. The summed E-state index contributed by atoms with van der Waals surface area (Å²) < 4.78 is 9.96. The van der Waals surface area contributed by atoms with E-state index in [1.807, 2.05) is 6.07 Å². The number of aromatic nitrogens is 1. The topological polar surface area (TPSA) is 77.5 Å². The lowest BCUT2D eigenvalue weighted by Gasteiger charge is -2.23. The van der Waals surface area contributed by atoms with Gasteiger partial charge in [-0.2, -0.15) is 0 Å². The molecule has 0 spiro atoms. The van der Waals surface area contributed by atoms with Gasteiger partial charge < -0.3 is 9.47 Å². The molecule has 1 amide bonds. The second-order valence-electron chi connectivity index (χ2n) is 6.81. The maximum absolute atomic E-state index is 12.0. The van der Waals surface area contributed by atoms with Gasteiger partial charge in [0.1, 0.15) is 11.3 Å². The monoisotopic (exact) mass is 332 g/mol. The van der Waals surface area contributed by atoms with Crippen LogP contribution >= 0.6 is 0 Å². The molecule has 0 radical (unpaired) electrons. The Morgan fingerprint density at radius 1 is 1.38 bits per heavy atom. The van der Waals surface area contributed by atoms with Crippen LogP contribution in [0.1, 0.15) is 38.4 Å². The van der Waals surface area contributed by atoms with Crippen LogP contribution in [0.25, 0.3) is 0 Å². The van der Waals surface area contributed by atoms with E-state index in [2.05, 4.69) is 16.4 Å². The summed E-state index contributed by atoms with van der Waals surface area (Å²) in [6.45, 7) is 5.29. The van der Waals surface area contributed by atoms with E-state index in [4.69, 9.17) is 9.47 Å². The first-order valence-electron chi connectivity index (χ1n) is 8.01. The molecule has 6 nitrogen and oxygen atoms in total. The molecular formula is C18H24N2O4. The van der Waals surface area contributed by atoms with Crippen LogP contribution in [0, 0.1) is 5.92 Å². The van der Waals surface area contributed by atoms with Gasteiger partial charge in [-0.3, -0.25) is 10.3 Å². The average molecular weight is 332 g/mol. The fraction of sp³-hybridized carbons (Fsp3) is 0.500. The molecule has 6 heteroatoms. The smallest absolute Gasteiger partial charge is 0.412 e. The van der Waals surface area contributed by atoms with Crippen molar-refractivity contribution >= 4 is 12.1 Å². The van der Waals surface area contributed by atoms with E-state index >= 15 is 0 Å². The molecule has 1 aromatic heterocycles. The van der Waals surface area contributed by atoms with Crippen molar-refractivity contribution in [1.82, 2.24) is 10.3 Å². The molecule has 1 N–H and O–H groups in total. The van der Waals surface area contributed by atoms with Gasteiger partial charge in [0.05, 0.1) is 7.11 Å². The maximum Gasteiger partial charge on any atom is 0.412 e. The number of alkyl carbamates (subject to hydrolysis) is 1. The first kappa shape index (κ1) is 18.0. The molecule has 1 atom stereocenters. The molecule has 130 valence electrons. The number of aryl methyl sites for hydroxylation is 1. The van der Waals surface area contributed by atoms with Gasteiger partial charge in [-0.05, 0) is 63.7 Å². The first-order chi connectivity index (χ1) is 11.3. The van der Waals surface area contributed by atoms with Crippen molar-refractivity contribution in [3.05, 3.63) is 41.4 Å². The van der Waals surface area contributed by atoms with Crippen molar-refractivity contribution in [3.8, 4) is 0 Å². The fourth-order valence-electron chi connectivity index (χ4n) is 2.64. The Morgan fingerprint density at radius 2 is 2.12 bits per heavy atom. The molecule has 24 heavy (non-hydrogen) atoms. The van der Waals surface area contributed by atoms with E-state index < -0.39 is 17.7 Å². The molecule has 1 heterocycles. The summed E-state index contributed by atoms with van der Waals surface area (Å²) in [6, 6.07) is 4.00. The number of carbonyl (C=O) groups excluding carboxylic acids is 2. The van der Waals surface area contributed by atoms with E-state index in [0.717, 1.165) is 25.0 Å². The summed E-state index contributed by atoms with van der Waals surface area (Å²) in [4.78, 5) is 28.3. The van der Waals surface area contributed by atoms with Crippen molar-refractivity contribution in [3.63, 3.8) is 0 Å². The van der Waals surface area contributed by atoms with Gasteiger partial charge in [-0.15, -0.1) is 0 Å². The largest absolute Gasteiger partial charge is 0.464 e. The Balaban J connectivity index is 2.12. The summed E-state index contributed by atoms with van der Waals surface area (Å²) in [6.07, 6.45) is 5.35. The summed E-state index contributed by atoms with van der Waals surface area (Å²) in [5, 5.41) is 2.50. The molecule has 2 rings (SSSR count). The lowest BCUT2D eigenvalue weighted by molar-refractivity contribution is -0.136. The number of esters is 1. The van der Waals surface area contributed by atoms with Crippen LogP contribution in [0.3, 0.4) is 0 Å². The Kier molecular flexibility index (Phi) is 5.59. The van der Waals surface area contributed by atoms with E-state index in [0.29, 0.717) is 0 Å². The van der Waals surface area contributed by atoms with Gasteiger partial charge in [0, 0.05) is 11.9 Å². The lowest BCUT2D eigenvalue weighted by Crippen LogP contribution is -2.35. The number of hydrogen-bond acceptors (Lipinski definition) is 5. The van der Waals surface area contributed by atoms with Crippen LogP contribution in [0.15, 0.2) is 30.1 Å². The number of nitrogens with zero attached hydrogens (tertiary/aromatic N) is 1. The molecule has 1 aromatic rings. The summed E-state index contributed by atoms with van der Waals surface area (Å²) >= 11 is 0. The number of methoxy groups -OCH3 is 1. The van der Waals surface area contributed by atoms with Gasteiger partial charge in [-0.25, -0.2) is 9.59 Å². The number of amides is 1. The molecule has 0 aromatic carbocycles. The van der Waals surface area contributed by atoms with Crippen LogP contribution in [0.2, 0.25) is 0 Å². The van der Waals surface area contributed by atoms with Gasteiger partial charge in [0.25, 0.3) is 0 Å². The number of pyridine rings is 1. The lowest BCUT2D eigenvalue weighted by atomic mass is 9.86. The van der Waals surface area contributed by atoms with Gasteiger partial charge in [-0.1, -0.05) is 6.07 Å². The molecule has 0 saturated carbocycles. The van der Waals surface area contributed by atoms with Crippen molar-refractivity contribution in [2.45, 2.75) is 45.6 Å². The maximum atomic E-state index is 12.0. The third-order valence-corrected chi connectivity index (χ3v) is 3.67. The van der Waals surface area contributed by atoms with Crippen LogP contribution < -0.4 is 5.32 Å². The number of hydrogen-bond donors (Lipinski definition) is 1. The third-order valence-electron chi connectivity index (χ3n) is 3.67. The van der Waals surface area contributed by atoms with Gasteiger partial charge in [0.2, 0.25) is 0 Å². The number of rotatable bonds is 3. The van der Waals surface area contributed by atoms with Crippen molar-refractivity contribution < 1.29 is 19.1 Å². The van der Waals surface area contributed by atoms with Crippen LogP contribution in [-0.4, -0.2) is 29.8 Å². The number of fused-ring (bicyclic) bond motifs is 1. The Morgan fingerprint density at radius 3 is 2.79 bits per heavy atom. The van der Waals surface area contributed by atoms with E-state index in [1.54, 1.807) is 33.0 Å². The molecule has 0 fully saturated rings. The molecule has 1 aliphatic carbocycles. The average Bonchev–Trinajstić information content (AvgIpc) is 2.51. The second-order valence-corrected chi connectivity index (χ2v) is 6.81. The SMILES string of the molecule is COC(=O)C(=CC1CCc2cccnc2C1)NC(=O)OC(C)(C)C. The van der Waals surface area contributed by atoms with E-state index in [1.165, 1.54) is 12.7 Å². The minimum Gasteiger partial charge on any atom is -0.464 e.